The number of rotatable bonds is 8. The van der Waals surface area contributed by atoms with Crippen LogP contribution in [-0.2, 0) is 17.7 Å². The second-order valence-electron chi connectivity index (χ2n) is 5.70. The van der Waals surface area contributed by atoms with Crippen molar-refractivity contribution >= 4 is 11.8 Å². The maximum atomic E-state index is 12.3. The van der Waals surface area contributed by atoms with Crippen LogP contribution in [0, 0.1) is 0 Å². The molecule has 1 aliphatic rings. The van der Waals surface area contributed by atoms with Gasteiger partial charge in [0, 0.05) is 26.7 Å². The number of nitrogens with zero attached hydrogens (tertiary/aromatic N) is 2. The molecule has 0 atom stereocenters. The van der Waals surface area contributed by atoms with Crippen molar-refractivity contribution in [1.82, 2.24) is 20.2 Å². The lowest BCUT2D eigenvalue weighted by Crippen LogP contribution is -2.30. The highest BCUT2D eigenvalue weighted by Crippen LogP contribution is 2.21. The minimum absolute atomic E-state index is 0.181. The molecule has 0 saturated heterocycles. The van der Waals surface area contributed by atoms with Crippen molar-refractivity contribution in [3.05, 3.63) is 17.2 Å². The quantitative estimate of drug-likeness (QED) is 0.703. The van der Waals surface area contributed by atoms with Gasteiger partial charge in [0.05, 0.1) is 12.3 Å². The van der Waals surface area contributed by atoms with E-state index in [-0.39, 0.29) is 11.8 Å². The average Bonchev–Trinajstić information content (AvgIpc) is 2.95. The standard InChI is InChI=1S/C16H26N4O3/c1-3-4-8-17-15(21)13-12-7-5-6-10-20(12)14(19-13)16(22)18-9-11-23-2/h3-11H2,1-2H3,(H,17,21)(H,18,22). The molecule has 2 N–H and O–H groups in total. The van der Waals surface area contributed by atoms with Crippen molar-refractivity contribution in [1.29, 1.82) is 0 Å². The average molecular weight is 322 g/mol. The minimum Gasteiger partial charge on any atom is -0.383 e. The molecule has 7 heteroatoms. The molecule has 7 nitrogen and oxygen atoms in total. The molecule has 2 amide bonds. The predicted octanol–water partition coefficient (Wildman–Crippen LogP) is 1.13. The number of methoxy groups -OCH3 is 1. The van der Waals surface area contributed by atoms with Crippen molar-refractivity contribution in [2.45, 2.75) is 45.6 Å². The monoisotopic (exact) mass is 322 g/mol. The first-order valence-electron chi connectivity index (χ1n) is 8.33. The fourth-order valence-electron chi connectivity index (χ4n) is 2.71. The first kappa shape index (κ1) is 17.5. The number of ether oxygens (including phenoxy) is 1. The van der Waals surface area contributed by atoms with Gasteiger partial charge < -0.3 is 19.9 Å². The molecule has 2 rings (SSSR count). The molecule has 1 aromatic rings. The Morgan fingerprint density at radius 3 is 2.74 bits per heavy atom. The number of amides is 2. The molecule has 2 heterocycles. The SMILES string of the molecule is CCCCNC(=O)c1nc(C(=O)NCCOC)n2c1CCCC2. The van der Waals surface area contributed by atoms with Crippen molar-refractivity contribution in [3.8, 4) is 0 Å². The molecule has 128 valence electrons. The zero-order valence-corrected chi connectivity index (χ0v) is 14.0. The Kier molecular flexibility index (Phi) is 6.58. The largest absolute Gasteiger partial charge is 0.383 e. The summed E-state index contributed by atoms with van der Waals surface area (Å²) >= 11 is 0. The molecule has 1 aromatic heterocycles. The lowest BCUT2D eigenvalue weighted by Gasteiger charge is -2.17. The van der Waals surface area contributed by atoms with Crippen LogP contribution in [0.4, 0.5) is 0 Å². The van der Waals surface area contributed by atoms with Crippen LogP contribution in [-0.4, -0.2) is 48.2 Å². The van der Waals surface area contributed by atoms with Gasteiger partial charge >= 0.3 is 0 Å². The van der Waals surface area contributed by atoms with E-state index in [1.54, 1.807) is 7.11 Å². The lowest BCUT2D eigenvalue weighted by atomic mass is 10.1. The van der Waals surface area contributed by atoms with E-state index in [1.165, 1.54) is 0 Å². The molecule has 23 heavy (non-hydrogen) atoms. The number of nitrogens with one attached hydrogen (secondary N) is 2. The van der Waals surface area contributed by atoms with Crippen LogP contribution in [0.1, 0.15) is 59.4 Å². The molecule has 0 unspecified atom stereocenters. The number of hydrogen-bond donors (Lipinski definition) is 2. The number of unbranched alkanes of at least 4 members (excludes halogenated alkanes) is 1. The molecule has 0 saturated carbocycles. The fourth-order valence-corrected chi connectivity index (χ4v) is 2.71. The summed E-state index contributed by atoms with van der Waals surface area (Å²) in [7, 11) is 1.59. The van der Waals surface area contributed by atoms with Gasteiger partial charge in [-0.25, -0.2) is 4.98 Å². The van der Waals surface area contributed by atoms with E-state index in [1.807, 2.05) is 4.57 Å². The molecule has 0 fully saturated rings. The second kappa shape index (κ2) is 8.67. The Bertz CT molecular complexity index is 507. The Morgan fingerprint density at radius 2 is 2.00 bits per heavy atom. The minimum atomic E-state index is -0.252. The van der Waals surface area contributed by atoms with E-state index in [2.05, 4.69) is 22.5 Å². The molecular weight excluding hydrogens is 296 g/mol. The van der Waals surface area contributed by atoms with Gasteiger partial charge in [-0.05, 0) is 25.7 Å². The smallest absolute Gasteiger partial charge is 0.287 e. The van der Waals surface area contributed by atoms with Crippen LogP contribution in [0.3, 0.4) is 0 Å². The van der Waals surface area contributed by atoms with Gasteiger partial charge in [0.1, 0.15) is 5.69 Å². The molecule has 0 aromatic carbocycles. The second-order valence-corrected chi connectivity index (χ2v) is 5.70. The normalized spacial score (nSPS) is 13.5. The van der Waals surface area contributed by atoms with E-state index in [4.69, 9.17) is 4.74 Å². The number of carbonyl (C=O) groups excluding carboxylic acids is 2. The Balaban J connectivity index is 2.16. The van der Waals surface area contributed by atoms with Crippen LogP contribution in [0.5, 0.6) is 0 Å². The van der Waals surface area contributed by atoms with Gasteiger partial charge in [-0.2, -0.15) is 0 Å². The third-order valence-corrected chi connectivity index (χ3v) is 3.94. The highest BCUT2D eigenvalue weighted by atomic mass is 16.5. The third-order valence-electron chi connectivity index (χ3n) is 3.94. The molecule has 0 spiro atoms. The number of aromatic nitrogens is 2. The van der Waals surface area contributed by atoms with Gasteiger partial charge in [0.2, 0.25) is 0 Å². The lowest BCUT2D eigenvalue weighted by molar-refractivity contribution is 0.0921. The summed E-state index contributed by atoms with van der Waals surface area (Å²) in [5, 5.41) is 5.66. The highest BCUT2D eigenvalue weighted by Gasteiger charge is 2.27. The van der Waals surface area contributed by atoms with Gasteiger partial charge in [0.15, 0.2) is 5.82 Å². The van der Waals surface area contributed by atoms with Gasteiger partial charge in [-0.1, -0.05) is 13.3 Å². The van der Waals surface area contributed by atoms with Crippen molar-refractivity contribution < 1.29 is 14.3 Å². The Hall–Kier alpha value is -1.89. The van der Waals surface area contributed by atoms with Crippen LogP contribution in [0.25, 0.3) is 0 Å². The van der Waals surface area contributed by atoms with Gasteiger partial charge in [0.25, 0.3) is 11.8 Å². The molecule has 0 bridgehead atoms. The van der Waals surface area contributed by atoms with Gasteiger partial charge in [-0.15, -0.1) is 0 Å². The number of carbonyl (C=O) groups is 2. The molecular formula is C16H26N4O3. The fraction of sp³-hybridized carbons (Fsp3) is 0.688. The molecule has 1 aliphatic heterocycles. The molecule has 0 radical (unpaired) electrons. The van der Waals surface area contributed by atoms with Crippen molar-refractivity contribution in [2.75, 3.05) is 26.8 Å². The maximum Gasteiger partial charge on any atom is 0.287 e. The van der Waals surface area contributed by atoms with E-state index in [0.717, 1.165) is 44.3 Å². The zero-order chi connectivity index (χ0) is 16.7. The van der Waals surface area contributed by atoms with E-state index in [9.17, 15) is 9.59 Å². The predicted molar refractivity (Wildman–Crippen MR) is 86.6 cm³/mol. The number of fused-ring (bicyclic) bond motifs is 1. The van der Waals surface area contributed by atoms with Crippen molar-refractivity contribution in [3.63, 3.8) is 0 Å². The maximum absolute atomic E-state index is 12.3. The summed E-state index contributed by atoms with van der Waals surface area (Å²) in [5.41, 5.74) is 1.28. The number of imidazole rings is 1. The van der Waals surface area contributed by atoms with Crippen LogP contribution in [0.2, 0.25) is 0 Å². The van der Waals surface area contributed by atoms with Crippen LogP contribution >= 0.6 is 0 Å². The van der Waals surface area contributed by atoms with E-state index in [0.29, 0.717) is 31.2 Å². The van der Waals surface area contributed by atoms with Crippen LogP contribution < -0.4 is 10.6 Å². The molecule has 0 aliphatic carbocycles. The first-order valence-corrected chi connectivity index (χ1v) is 8.33. The van der Waals surface area contributed by atoms with E-state index < -0.39 is 0 Å². The summed E-state index contributed by atoms with van der Waals surface area (Å²) in [6, 6.07) is 0. The summed E-state index contributed by atoms with van der Waals surface area (Å²) < 4.78 is 6.82. The summed E-state index contributed by atoms with van der Waals surface area (Å²) in [6.45, 7) is 4.32. The third kappa shape index (κ3) is 4.31. The Labute approximate surface area is 136 Å². The Morgan fingerprint density at radius 1 is 1.22 bits per heavy atom. The summed E-state index contributed by atoms with van der Waals surface area (Å²) in [4.78, 5) is 29.0. The first-order chi connectivity index (χ1) is 11.2. The van der Waals surface area contributed by atoms with Crippen LogP contribution in [0.15, 0.2) is 0 Å². The van der Waals surface area contributed by atoms with Gasteiger partial charge in [-0.3, -0.25) is 9.59 Å². The summed E-state index contributed by atoms with van der Waals surface area (Å²) in [5.74, 6) is -0.103. The number of hydrogen-bond acceptors (Lipinski definition) is 4. The summed E-state index contributed by atoms with van der Waals surface area (Å²) in [6.07, 6.45) is 4.76. The topological polar surface area (TPSA) is 85.2 Å². The van der Waals surface area contributed by atoms with E-state index >= 15 is 0 Å². The highest BCUT2D eigenvalue weighted by molar-refractivity contribution is 5.97. The zero-order valence-electron chi connectivity index (χ0n) is 14.0. The van der Waals surface area contributed by atoms with Crippen molar-refractivity contribution in [2.24, 2.45) is 0 Å².